The summed E-state index contributed by atoms with van der Waals surface area (Å²) in [6.07, 6.45) is 3.70. The highest BCUT2D eigenvalue weighted by Crippen LogP contribution is 2.49. The van der Waals surface area contributed by atoms with Gasteiger partial charge in [0.05, 0.1) is 0 Å². The molecule has 0 fully saturated rings. The van der Waals surface area contributed by atoms with Crippen LogP contribution in [0.2, 0.25) is 0 Å². The Morgan fingerprint density at radius 1 is 0.962 bits per heavy atom. The fraction of sp³-hybridized carbons (Fsp3) is 0.130. The number of rotatable bonds is 0. The van der Waals surface area contributed by atoms with Crippen molar-refractivity contribution in [1.29, 1.82) is 0 Å². The summed E-state index contributed by atoms with van der Waals surface area (Å²) in [7, 11) is 1.75. The molecule has 0 aromatic heterocycles. The Balaban J connectivity index is 1.89. The van der Waals surface area contributed by atoms with E-state index in [2.05, 4.69) is 6.07 Å². The predicted octanol–water partition coefficient (Wildman–Crippen LogP) is 4.27. The number of fused-ring (bicyclic) bond motifs is 5. The molecule has 2 aliphatic rings. The number of Topliss-reactive ketones (excluding diaryl/α,β-unsaturated/α-hetero) is 1. The van der Waals surface area contributed by atoms with Crippen LogP contribution in [0.4, 0.5) is 5.69 Å². The number of carbonyl (C=O) groups is 2. The fourth-order valence-corrected chi connectivity index (χ4v) is 4.33. The molecule has 1 aliphatic heterocycles. The monoisotopic (exact) mass is 339 g/mol. The van der Waals surface area contributed by atoms with Crippen molar-refractivity contribution in [2.45, 2.75) is 12.3 Å². The average molecular weight is 339 g/mol. The van der Waals surface area contributed by atoms with Crippen LogP contribution in [-0.2, 0) is 10.2 Å². The van der Waals surface area contributed by atoms with Crippen molar-refractivity contribution in [2.75, 3.05) is 11.9 Å². The Labute approximate surface area is 151 Å². The first-order chi connectivity index (χ1) is 12.5. The van der Waals surface area contributed by atoms with Crippen molar-refractivity contribution in [3.05, 3.63) is 82.9 Å². The molecular weight excluding hydrogens is 322 g/mol. The van der Waals surface area contributed by atoms with E-state index in [9.17, 15) is 9.59 Å². The topological polar surface area (TPSA) is 37.4 Å². The molecule has 3 aromatic rings. The lowest BCUT2D eigenvalue weighted by Gasteiger charge is -2.28. The second-order valence-electron chi connectivity index (χ2n) is 7.11. The van der Waals surface area contributed by atoms with Gasteiger partial charge in [0.25, 0.3) is 0 Å². The van der Waals surface area contributed by atoms with E-state index < -0.39 is 5.41 Å². The molecule has 126 valence electrons. The van der Waals surface area contributed by atoms with Gasteiger partial charge in [0.1, 0.15) is 0 Å². The molecule has 1 atom stereocenters. The molecule has 26 heavy (non-hydrogen) atoms. The summed E-state index contributed by atoms with van der Waals surface area (Å²) in [6.45, 7) is 2.04. The first-order valence-electron chi connectivity index (χ1n) is 8.69. The molecule has 1 spiro atoms. The van der Waals surface area contributed by atoms with Crippen molar-refractivity contribution < 1.29 is 9.59 Å². The zero-order valence-electron chi connectivity index (χ0n) is 14.6. The van der Waals surface area contributed by atoms with Gasteiger partial charge in [-0.3, -0.25) is 9.59 Å². The minimum Gasteiger partial charge on any atom is -0.314 e. The van der Waals surface area contributed by atoms with E-state index in [-0.39, 0.29) is 11.7 Å². The van der Waals surface area contributed by atoms with Gasteiger partial charge in [-0.25, -0.2) is 0 Å². The summed E-state index contributed by atoms with van der Waals surface area (Å²) in [5.41, 5.74) is 2.96. The van der Waals surface area contributed by atoms with Gasteiger partial charge in [-0.05, 0) is 29.3 Å². The number of hydrogen-bond acceptors (Lipinski definition) is 2. The molecule has 1 aliphatic carbocycles. The number of nitrogens with zero attached hydrogens (tertiary/aromatic N) is 1. The van der Waals surface area contributed by atoms with Gasteiger partial charge in [0.2, 0.25) is 5.91 Å². The normalized spacial score (nSPS) is 20.8. The van der Waals surface area contributed by atoms with Crippen molar-refractivity contribution in [1.82, 2.24) is 0 Å². The highest BCUT2D eigenvalue weighted by atomic mass is 16.2. The van der Waals surface area contributed by atoms with Gasteiger partial charge in [-0.15, -0.1) is 0 Å². The molecule has 3 nitrogen and oxygen atoms in total. The highest BCUT2D eigenvalue weighted by Gasteiger charge is 2.55. The Bertz CT molecular complexity index is 1160. The highest BCUT2D eigenvalue weighted by molar-refractivity contribution is 6.32. The maximum atomic E-state index is 13.6. The van der Waals surface area contributed by atoms with Crippen LogP contribution in [0.3, 0.4) is 0 Å². The molecule has 0 saturated heterocycles. The smallest absolute Gasteiger partial charge is 0.249 e. The van der Waals surface area contributed by atoms with Gasteiger partial charge >= 0.3 is 0 Å². The molecule has 3 aromatic carbocycles. The van der Waals surface area contributed by atoms with Crippen molar-refractivity contribution in [3.8, 4) is 0 Å². The third kappa shape index (κ3) is 1.67. The molecule has 3 heteroatoms. The van der Waals surface area contributed by atoms with Crippen LogP contribution in [0.25, 0.3) is 16.8 Å². The van der Waals surface area contributed by atoms with Crippen LogP contribution in [-0.4, -0.2) is 18.7 Å². The standard InChI is InChI=1S/C23H17NO2/c1-14-7-9-17-16(13-14)8-10-19-20(17)23(22(26)24(19)2)12-11-15-5-3-4-6-18(15)21(23)25/h3-13H,1-2H3/t23-/m0/s1. The van der Waals surface area contributed by atoms with E-state index in [1.54, 1.807) is 18.0 Å². The number of aryl methyl sites for hydroxylation is 1. The van der Waals surface area contributed by atoms with Gasteiger partial charge < -0.3 is 4.90 Å². The van der Waals surface area contributed by atoms with Crippen LogP contribution in [0, 0.1) is 6.92 Å². The Morgan fingerprint density at radius 3 is 2.62 bits per heavy atom. The SMILES string of the molecule is Cc1ccc2c3c(ccc2c1)N(C)C(=O)[C@@]31C=Cc2ccccc2C1=O. The summed E-state index contributed by atoms with van der Waals surface area (Å²) in [6, 6.07) is 17.6. The van der Waals surface area contributed by atoms with E-state index in [1.165, 1.54) is 0 Å². The van der Waals surface area contributed by atoms with Crippen molar-refractivity contribution in [2.24, 2.45) is 0 Å². The summed E-state index contributed by atoms with van der Waals surface area (Å²) < 4.78 is 0. The number of carbonyl (C=O) groups excluding carboxylic acids is 2. The zero-order chi connectivity index (χ0) is 18.1. The van der Waals surface area contributed by atoms with Crippen molar-refractivity contribution >= 4 is 34.2 Å². The summed E-state index contributed by atoms with van der Waals surface area (Å²) in [5, 5.41) is 2.01. The molecule has 0 saturated carbocycles. The summed E-state index contributed by atoms with van der Waals surface area (Å²) in [5.74, 6) is -0.324. The van der Waals surface area contributed by atoms with E-state index in [0.717, 1.165) is 33.2 Å². The molecule has 0 bridgehead atoms. The van der Waals surface area contributed by atoms with Gasteiger partial charge in [0, 0.05) is 23.9 Å². The number of benzene rings is 3. The Kier molecular flexibility index (Phi) is 2.85. The lowest BCUT2D eigenvalue weighted by molar-refractivity contribution is -0.120. The quantitative estimate of drug-likeness (QED) is 0.574. The Hall–Kier alpha value is -3.20. The first-order valence-corrected chi connectivity index (χ1v) is 8.69. The van der Waals surface area contributed by atoms with Crippen molar-refractivity contribution in [3.63, 3.8) is 0 Å². The largest absolute Gasteiger partial charge is 0.314 e. The van der Waals surface area contributed by atoms with Crippen LogP contribution in [0.5, 0.6) is 0 Å². The second-order valence-corrected chi connectivity index (χ2v) is 7.11. The fourth-order valence-electron chi connectivity index (χ4n) is 4.33. The molecular formula is C23H17NO2. The van der Waals surface area contributed by atoms with E-state index >= 15 is 0 Å². The molecule has 5 rings (SSSR count). The minimum atomic E-state index is -1.27. The van der Waals surface area contributed by atoms with Crippen LogP contribution < -0.4 is 4.90 Å². The van der Waals surface area contributed by atoms with Crippen LogP contribution >= 0.6 is 0 Å². The van der Waals surface area contributed by atoms with E-state index in [1.807, 2.05) is 61.5 Å². The lowest BCUT2D eigenvalue weighted by atomic mass is 9.70. The number of hydrogen-bond donors (Lipinski definition) is 0. The second kappa shape index (κ2) is 4.92. The van der Waals surface area contributed by atoms with Gasteiger partial charge in [-0.1, -0.05) is 66.2 Å². The van der Waals surface area contributed by atoms with E-state index in [0.29, 0.717) is 5.56 Å². The molecule has 0 unspecified atom stereocenters. The average Bonchev–Trinajstić information content (AvgIpc) is 2.87. The molecule has 1 heterocycles. The number of likely N-dealkylation sites (N-methyl/N-ethyl adjacent to an activating group) is 1. The maximum Gasteiger partial charge on any atom is 0.249 e. The van der Waals surface area contributed by atoms with E-state index in [4.69, 9.17) is 0 Å². The molecule has 0 N–H and O–H groups in total. The van der Waals surface area contributed by atoms with Crippen LogP contribution in [0.15, 0.2) is 60.7 Å². The first kappa shape index (κ1) is 15.1. The molecule has 1 amide bonds. The third-order valence-corrected chi connectivity index (χ3v) is 5.63. The predicted molar refractivity (Wildman–Crippen MR) is 104 cm³/mol. The Morgan fingerprint density at radius 2 is 1.77 bits per heavy atom. The molecule has 0 radical (unpaired) electrons. The maximum absolute atomic E-state index is 13.6. The number of amides is 1. The third-order valence-electron chi connectivity index (χ3n) is 5.63. The summed E-state index contributed by atoms with van der Waals surface area (Å²) in [4.78, 5) is 28.5. The van der Waals surface area contributed by atoms with Gasteiger partial charge in [-0.2, -0.15) is 0 Å². The summed E-state index contributed by atoms with van der Waals surface area (Å²) >= 11 is 0. The number of anilines is 1. The van der Waals surface area contributed by atoms with Crippen LogP contribution in [0.1, 0.15) is 27.0 Å². The number of ketones is 1. The zero-order valence-corrected chi connectivity index (χ0v) is 14.6. The van der Waals surface area contributed by atoms with Gasteiger partial charge in [0.15, 0.2) is 11.2 Å². The lowest BCUT2D eigenvalue weighted by Crippen LogP contribution is -2.45. The minimum absolute atomic E-state index is 0.140.